The van der Waals surface area contributed by atoms with Gasteiger partial charge in [0, 0.05) is 15.5 Å². The molecule has 0 unspecified atom stereocenters. The van der Waals surface area contributed by atoms with Crippen LogP contribution in [0.4, 0.5) is 5.69 Å². The number of nitrogens with two attached hydrogens (primary N) is 1. The van der Waals surface area contributed by atoms with Gasteiger partial charge < -0.3 is 11.1 Å². The molecule has 0 bridgehead atoms. The number of allylic oxidation sites excluding steroid dienone is 4. The molecule has 3 heteroatoms. The van der Waals surface area contributed by atoms with Crippen LogP contribution in [0.3, 0.4) is 0 Å². The first kappa shape index (κ1) is 15.0. The third-order valence-corrected chi connectivity index (χ3v) is 7.56. The minimum atomic E-state index is -1.21. The molecular weight excluding hydrogens is 312 g/mol. The van der Waals surface area contributed by atoms with E-state index in [2.05, 4.69) is 55.0 Å². The Morgan fingerprint density at radius 2 is 1.71 bits per heavy atom. The second kappa shape index (κ2) is 5.25. The zero-order valence-corrected chi connectivity index (χ0v) is 14.7. The predicted octanol–water partition coefficient (Wildman–Crippen LogP) is 4.98. The number of fused-ring (bicyclic) bond motifs is 2. The van der Waals surface area contributed by atoms with Crippen molar-refractivity contribution < 1.29 is 0 Å². The van der Waals surface area contributed by atoms with Gasteiger partial charge in [-0.3, -0.25) is 0 Å². The Morgan fingerprint density at radius 3 is 2.46 bits per heavy atom. The van der Waals surface area contributed by atoms with Crippen LogP contribution >= 0.6 is 10.0 Å². The molecule has 0 fully saturated rings. The van der Waals surface area contributed by atoms with Crippen LogP contribution in [0.2, 0.25) is 0 Å². The number of benzene rings is 2. The van der Waals surface area contributed by atoms with Crippen molar-refractivity contribution in [1.29, 1.82) is 5.41 Å². The lowest BCUT2D eigenvalue weighted by Gasteiger charge is -2.43. The summed E-state index contributed by atoms with van der Waals surface area (Å²) in [4.78, 5) is 2.58. The first-order valence-electron chi connectivity index (χ1n) is 7.90. The van der Waals surface area contributed by atoms with E-state index in [0.717, 1.165) is 5.69 Å². The highest BCUT2D eigenvalue weighted by atomic mass is 32.3. The summed E-state index contributed by atoms with van der Waals surface area (Å²) in [5, 5.41) is 8.09. The molecule has 3 N–H and O–H groups in total. The second-order valence-electron chi connectivity index (χ2n) is 6.53. The molecule has 2 nitrogen and oxygen atoms in total. The molecule has 0 saturated heterocycles. The van der Waals surface area contributed by atoms with Gasteiger partial charge in [0.05, 0.1) is 5.71 Å². The van der Waals surface area contributed by atoms with E-state index < -0.39 is 10.0 Å². The van der Waals surface area contributed by atoms with Gasteiger partial charge in [-0.15, -0.1) is 0 Å². The van der Waals surface area contributed by atoms with Gasteiger partial charge in [0.1, 0.15) is 0 Å². The summed E-state index contributed by atoms with van der Waals surface area (Å²) < 4.78 is 0. The number of nitrogen functional groups attached to an aromatic ring is 1. The van der Waals surface area contributed by atoms with Crippen LogP contribution < -0.4 is 5.73 Å². The molecule has 1 aliphatic carbocycles. The molecule has 2 aliphatic rings. The normalized spacial score (nSPS) is 19.4. The summed E-state index contributed by atoms with van der Waals surface area (Å²) in [7, 11) is -1.21. The van der Waals surface area contributed by atoms with Crippen LogP contribution in [0.15, 0.2) is 82.1 Å². The summed E-state index contributed by atoms with van der Waals surface area (Å²) >= 11 is 0. The zero-order chi connectivity index (χ0) is 16.9. The molecule has 1 heterocycles. The fourth-order valence-electron chi connectivity index (χ4n) is 3.50. The maximum Gasteiger partial charge on any atom is 0.0551 e. The van der Waals surface area contributed by atoms with Crippen molar-refractivity contribution in [1.82, 2.24) is 0 Å². The fourth-order valence-corrected chi connectivity index (χ4v) is 6.03. The first-order valence-corrected chi connectivity index (χ1v) is 10.3. The standard InChI is InChI=1S/C21H20N2S/c1-24(2)19-12-15(22)8-10-17(19)21(14-6-4-3-5-7-14)18-11-9-16(23)13-20(18)24/h3-13,22H,23H2,1-2H3. The maximum absolute atomic E-state index is 8.09. The quantitative estimate of drug-likeness (QED) is 0.711. The van der Waals surface area contributed by atoms with Gasteiger partial charge in [0.25, 0.3) is 0 Å². The number of nitrogens with one attached hydrogen (secondary N) is 1. The highest BCUT2D eigenvalue weighted by Crippen LogP contribution is 2.65. The van der Waals surface area contributed by atoms with Crippen LogP contribution in [0, 0.1) is 5.41 Å². The second-order valence-corrected chi connectivity index (χ2v) is 10.1. The molecule has 0 aromatic heterocycles. The minimum absolute atomic E-state index is 0.564. The Kier molecular flexibility index (Phi) is 3.29. The lowest BCUT2D eigenvalue weighted by atomic mass is 9.90. The van der Waals surface area contributed by atoms with E-state index >= 15 is 0 Å². The smallest absolute Gasteiger partial charge is 0.0551 e. The van der Waals surface area contributed by atoms with Crippen molar-refractivity contribution in [3.05, 3.63) is 88.4 Å². The molecule has 2 aromatic carbocycles. The van der Waals surface area contributed by atoms with Gasteiger partial charge in [-0.1, -0.05) is 42.5 Å². The van der Waals surface area contributed by atoms with Gasteiger partial charge in [-0.25, -0.2) is 0 Å². The molecule has 2 aromatic rings. The topological polar surface area (TPSA) is 49.9 Å². The van der Waals surface area contributed by atoms with E-state index in [9.17, 15) is 0 Å². The molecule has 120 valence electrons. The van der Waals surface area contributed by atoms with E-state index in [1.807, 2.05) is 24.3 Å². The van der Waals surface area contributed by atoms with Gasteiger partial charge >= 0.3 is 0 Å². The van der Waals surface area contributed by atoms with Crippen molar-refractivity contribution >= 4 is 27.0 Å². The SMILES string of the molecule is CS1(C)C2=CC(=N)C=CC2=C(c2ccccc2)c2ccc(N)cc21. The van der Waals surface area contributed by atoms with Crippen molar-refractivity contribution in [2.45, 2.75) is 4.90 Å². The summed E-state index contributed by atoms with van der Waals surface area (Å²) in [6, 6.07) is 16.8. The molecule has 1 aliphatic heterocycles. The molecule has 4 rings (SSSR count). The lowest BCUT2D eigenvalue weighted by molar-refractivity contribution is 1.33. The van der Waals surface area contributed by atoms with E-state index in [1.54, 1.807) is 0 Å². The monoisotopic (exact) mass is 332 g/mol. The average Bonchev–Trinajstić information content (AvgIpc) is 2.57. The van der Waals surface area contributed by atoms with Crippen LogP contribution in [0.1, 0.15) is 11.1 Å². The average molecular weight is 332 g/mol. The van der Waals surface area contributed by atoms with Gasteiger partial charge in [0.15, 0.2) is 0 Å². The number of anilines is 1. The van der Waals surface area contributed by atoms with E-state index in [4.69, 9.17) is 11.1 Å². The fraction of sp³-hybridized carbons (Fsp3) is 0.0952. The summed E-state index contributed by atoms with van der Waals surface area (Å²) in [5.41, 5.74) is 12.4. The Labute approximate surface area is 144 Å². The first-order chi connectivity index (χ1) is 11.5. The van der Waals surface area contributed by atoms with Crippen molar-refractivity contribution in [3.8, 4) is 0 Å². The molecular formula is C21H20N2S. The van der Waals surface area contributed by atoms with Crippen LogP contribution in [0.5, 0.6) is 0 Å². The summed E-state index contributed by atoms with van der Waals surface area (Å²) in [5.74, 6) is 0. The minimum Gasteiger partial charge on any atom is -0.399 e. The molecule has 0 radical (unpaired) electrons. The van der Waals surface area contributed by atoms with Crippen molar-refractivity contribution in [2.24, 2.45) is 0 Å². The molecule has 24 heavy (non-hydrogen) atoms. The van der Waals surface area contributed by atoms with Crippen LogP contribution in [0.25, 0.3) is 5.57 Å². The lowest BCUT2D eigenvalue weighted by Crippen LogP contribution is -2.16. The summed E-state index contributed by atoms with van der Waals surface area (Å²) in [6.07, 6.45) is 10.6. The van der Waals surface area contributed by atoms with Gasteiger partial charge in [-0.2, -0.15) is 10.0 Å². The number of hydrogen-bond donors (Lipinski definition) is 2. The molecule has 0 saturated carbocycles. The van der Waals surface area contributed by atoms with E-state index in [-0.39, 0.29) is 0 Å². The Bertz CT molecular complexity index is 947. The van der Waals surface area contributed by atoms with Crippen molar-refractivity contribution in [2.75, 3.05) is 18.2 Å². The van der Waals surface area contributed by atoms with Crippen LogP contribution in [-0.2, 0) is 0 Å². The molecule has 0 atom stereocenters. The third kappa shape index (κ3) is 2.16. The Hall–Kier alpha value is -2.52. The Balaban J connectivity index is 2.12. The highest BCUT2D eigenvalue weighted by molar-refractivity contribution is 8.36. The highest BCUT2D eigenvalue weighted by Gasteiger charge is 2.34. The van der Waals surface area contributed by atoms with E-state index in [0.29, 0.717) is 5.71 Å². The largest absolute Gasteiger partial charge is 0.399 e. The maximum atomic E-state index is 8.09. The van der Waals surface area contributed by atoms with E-state index in [1.165, 1.54) is 32.1 Å². The summed E-state index contributed by atoms with van der Waals surface area (Å²) in [6.45, 7) is 0. The zero-order valence-electron chi connectivity index (χ0n) is 13.8. The van der Waals surface area contributed by atoms with Crippen LogP contribution in [-0.4, -0.2) is 18.2 Å². The third-order valence-electron chi connectivity index (χ3n) is 4.69. The molecule has 0 spiro atoms. The number of rotatable bonds is 1. The van der Waals surface area contributed by atoms with Gasteiger partial charge in [0.2, 0.25) is 0 Å². The number of hydrogen-bond acceptors (Lipinski definition) is 2. The predicted molar refractivity (Wildman–Crippen MR) is 106 cm³/mol. The van der Waals surface area contributed by atoms with Gasteiger partial charge in [-0.05, 0) is 59.1 Å². The Morgan fingerprint density at radius 1 is 0.958 bits per heavy atom. The van der Waals surface area contributed by atoms with Crippen molar-refractivity contribution in [3.63, 3.8) is 0 Å². The molecule has 0 amide bonds.